The van der Waals surface area contributed by atoms with Crippen LogP contribution >= 0.6 is 0 Å². The van der Waals surface area contributed by atoms with Crippen molar-refractivity contribution in [3.05, 3.63) is 42.0 Å². The van der Waals surface area contributed by atoms with Crippen molar-refractivity contribution < 1.29 is 14.6 Å². The molecule has 0 bridgehead atoms. The normalized spacial score (nSPS) is 8.69. The summed E-state index contributed by atoms with van der Waals surface area (Å²) in [6.07, 6.45) is 1.75. The molecule has 0 spiro atoms. The Morgan fingerprint density at radius 3 is 2.25 bits per heavy atom. The molecule has 0 radical (unpaired) electrons. The molecule has 0 fully saturated rings. The fraction of sp³-hybridized carbons (Fsp3) is 0.308. The van der Waals surface area contributed by atoms with Gasteiger partial charge in [-0.1, -0.05) is 24.3 Å². The summed E-state index contributed by atoms with van der Waals surface area (Å²) < 4.78 is 5.13. The first-order valence-electron chi connectivity index (χ1n) is 5.00. The molecule has 0 saturated heterocycles. The van der Waals surface area contributed by atoms with Gasteiger partial charge in [-0.3, -0.25) is 0 Å². The number of carbonyl (C=O) groups is 1. The summed E-state index contributed by atoms with van der Waals surface area (Å²) in [5, 5.41) is 8.43. The number of allylic oxidation sites excluding steroid dienone is 1. The number of rotatable bonds is 3. The second kappa shape index (κ2) is 7.51. The molecule has 1 N–H and O–H groups in total. The maximum atomic E-state index is 10.3. The van der Waals surface area contributed by atoms with Crippen molar-refractivity contribution in [3.8, 4) is 5.75 Å². The van der Waals surface area contributed by atoms with Gasteiger partial charge in [0.1, 0.15) is 5.75 Å². The van der Waals surface area contributed by atoms with E-state index in [0.29, 0.717) is 5.75 Å². The summed E-state index contributed by atoms with van der Waals surface area (Å²) in [6, 6.07) is 5.70. The zero-order chi connectivity index (χ0) is 12.6. The largest absolute Gasteiger partial charge is 0.481 e. The fourth-order valence-electron chi connectivity index (χ4n) is 1.16. The third kappa shape index (κ3) is 5.20. The molecule has 1 aromatic rings. The van der Waals surface area contributed by atoms with Crippen LogP contribution in [0.1, 0.15) is 18.1 Å². The minimum Gasteiger partial charge on any atom is -0.481 e. The van der Waals surface area contributed by atoms with Gasteiger partial charge in [0.25, 0.3) is 0 Å². The Hall–Kier alpha value is -1.77. The molecule has 0 aliphatic rings. The van der Waals surface area contributed by atoms with E-state index in [1.54, 1.807) is 6.08 Å². The summed E-state index contributed by atoms with van der Waals surface area (Å²) in [5.41, 5.74) is 1.92. The summed E-state index contributed by atoms with van der Waals surface area (Å²) in [4.78, 5) is 10.3. The van der Waals surface area contributed by atoms with E-state index in [2.05, 4.69) is 6.58 Å². The van der Waals surface area contributed by atoms with Crippen LogP contribution in [0, 0.1) is 13.8 Å². The minimum absolute atomic E-state index is 0.286. The second-order valence-corrected chi connectivity index (χ2v) is 3.31. The maximum Gasteiger partial charge on any atom is 0.341 e. The molecule has 0 amide bonds. The molecule has 0 saturated carbocycles. The number of ether oxygens (including phenoxy) is 1. The number of carboxylic acid groups (broad SMARTS) is 1. The molecule has 0 unspecified atom stereocenters. The first kappa shape index (κ1) is 14.2. The van der Waals surface area contributed by atoms with Gasteiger partial charge in [0, 0.05) is 0 Å². The molecule has 0 aliphatic heterocycles. The minimum atomic E-state index is -0.956. The number of para-hydroxylation sites is 1. The topological polar surface area (TPSA) is 46.5 Å². The van der Waals surface area contributed by atoms with Gasteiger partial charge in [0.05, 0.1) is 0 Å². The smallest absolute Gasteiger partial charge is 0.341 e. The van der Waals surface area contributed by atoms with Crippen molar-refractivity contribution in [3.63, 3.8) is 0 Å². The van der Waals surface area contributed by atoms with Crippen LogP contribution in [-0.4, -0.2) is 17.7 Å². The lowest BCUT2D eigenvalue weighted by Gasteiger charge is -2.09. The van der Waals surface area contributed by atoms with Crippen molar-refractivity contribution in [2.45, 2.75) is 20.8 Å². The predicted molar refractivity (Wildman–Crippen MR) is 64.9 cm³/mol. The van der Waals surface area contributed by atoms with Crippen LogP contribution in [0.3, 0.4) is 0 Å². The van der Waals surface area contributed by atoms with E-state index in [0.717, 1.165) is 11.1 Å². The highest BCUT2D eigenvalue weighted by atomic mass is 16.5. The van der Waals surface area contributed by atoms with Crippen molar-refractivity contribution in [1.29, 1.82) is 0 Å². The zero-order valence-electron chi connectivity index (χ0n) is 9.99. The summed E-state index contributed by atoms with van der Waals surface area (Å²) in [7, 11) is 0. The molecule has 88 valence electrons. The van der Waals surface area contributed by atoms with Gasteiger partial charge in [0.15, 0.2) is 6.61 Å². The Morgan fingerprint density at radius 2 is 1.88 bits per heavy atom. The molecular weight excluding hydrogens is 204 g/mol. The Kier molecular flexibility index (Phi) is 6.68. The highest BCUT2D eigenvalue weighted by Crippen LogP contribution is 2.21. The van der Waals surface area contributed by atoms with Gasteiger partial charge >= 0.3 is 5.97 Å². The number of carboxylic acids is 1. The van der Waals surface area contributed by atoms with E-state index >= 15 is 0 Å². The number of hydrogen-bond acceptors (Lipinski definition) is 2. The Morgan fingerprint density at radius 1 is 1.44 bits per heavy atom. The highest BCUT2D eigenvalue weighted by molar-refractivity contribution is 5.68. The predicted octanol–water partition coefficient (Wildman–Crippen LogP) is 2.96. The van der Waals surface area contributed by atoms with Crippen LogP contribution < -0.4 is 4.74 Å². The number of hydrogen-bond donors (Lipinski definition) is 1. The molecule has 0 aliphatic carbocycles. The molecule has 1 rings (SSSR count). The Balaban J connectivity index is 0.000000673. The third-order valence-electron chi connectivity index (χ3n) is 1.75. The van der Waals surface area contributed by atoms with Crippen LogP contribution in [0.2, 0.25) is 0 Å². The number of benzene rings is 1. The monoisotopic (exact) mass is 222 g/mol. The summed E-state index contributed by atoms with van der Waals surface area (Å²) in [6.45, 7) is 8.75. The number of aliphatic carboxylic acids is 1. The van der Waals surface area contributed by atoms with Crippen LogP contribution in [0.4, 0.5) is 0 Å². The summed E-state index contributed by atoms with van der Waals surface area (Å²) >= 11 is 0. The molecular formula is C13H18O3. The molecule has 0 heterocycles. The van der Waals surface area contributed by atoms with E-state index < -0.39 is 5.97 Å². The van der Waals surface area contributed by atoms with Gasteiger partial charge in [-0.15, -0.1) is 6.58 Å². The van der Waals surface area contributed by atoms with Crippen molar-refractivity contribution >= 4 is 5.97 Å². The zero-order valence-corrected chi connectivity index (χ0v) is 9.99. The van der Waals surface area contributed by atoms with E-state index in [4.69, 9.17) is 9.84 Å². The molecule has 0 aromatic heterocycles. The lowest BCUT2D eigenvalue weighted by atomic mass is 10.1. The molecule has 0 atom stereocenters. The molecule has 3 heteroatoms. The highest BCUT2D eigenvalue weighted by Gasteiger charge is 2.04. The second-order valence-electron chi connectivity index (χ2n) is 3.31. The van der Waals surface area contributed by atoms with E-state index in [9.17, 15) is 4.79 Å². The van der Waals surface area contributed by atoms with Crippen LogP contribution in [-0.2, 0) is 4.79 Å². The number of aryl methyl sites for hydroxylation is 2. The average Bonchev–Trinajstić information content (AvgIpc) is 2.17. The Labute approximate surface area is 96.4 Å². The molecule has 3 nitrogen and oxygen atoms in total. The maximum absolute atomic E-state index is 10.3. The van der Waals surface area contributed by atoms with Crippen molar-refractivity contribution in [2.24, 2.45) is 0 Å². The van der Waals surface area contributed by atoms with Crippen molar-refractivity contribution in [1.82, 2.24) is 0 Å². The SMILES string of the molecule is C=CC.Cc1cccc(C)c1OCC(=O)O. The van der Waals surface area contributed by atoms with Crippen molar-refractivity contribution in [2.75, 3.05) is 6.61 Å². The standard InChI is InChI=1S/C10H12O3.C3H6/c1-7-4-3-5-8(2)10(7)13-6-9(11)12;1-3-2/h3-5H,6H2,1-2H3,(H,11,12);3H,1H2,2H3. The van der Waals surface area contributed by atoms with Gasteiger partial charge in [-0.05, 0) is 31.9 Å². The van der Waals surface area contributed by atoms with Gasteiger partial charge in [-0.25, -0.2) is 4.79 Å². The first-order chi connectivity index (χ1) is 7.52. The average molecular weight is 222 g/mol. The van der Waals surface area contributed by atoms with Gasteiger partial charge in [0.2, 0.25) is 0 Å². The van der Waals surface area contributed by atoms with Gasteiger partial charge < -0.3 is 9.84 Å². The lowest BCUT2D eigenvalue weighted by molar-refractivity contribution is -0.139. The first-order valence-corrected chi connectivity index (χ1v) is 5.00. The summed E-state index contributed by atoms with van der Waals surface area (Å²) in [5.74, 6) is -0.285. The lowest BCUT2D eigenvalue weighted by Crippen LogP contribution is -2.10. The quantitative estimate of drug-likeness (QED) is 0.800. The third-order valence-corrected chi connectivity index (χ3v) is 1.75. The van der Waals surface area contributed by atoms with Crippen LogP contribution in [0.15, 0.2) is 30.9 Å². The van der Waals surface area contributed by atoms with Gasteiger partial charge in [-0.2, -0.15) is 0 Å². The van der Waals surface area contributed by atoms with E-state index in [-0.39, 0.29) is 6.61 Å². The van der Waals surface area contributed by atoms with Crippen LogP contribution in [0.5, 0.6) is 5.75 Å². The van der Waals surface area contributed by atoms with E-state index in [1.807, 2.05) is 39.0 Å². The van der Waals surface area contributed by atoms with E-state index in [1.165, 1.54) is 0 Å². The van der Waals surface area contributed by atoms with Crippen LogP contribution in [0.25, 0.3) is 0 Å². The molecule has 1 aromatic carbocycles. The Bertz CT molecular complexity index is 336. The molecule has 16 heavy (non-hydrogen) atoms. The fourth-order valence-corrected chi connectivity index (χ4v) is 1.16.